The van der Waals surface area contributed by atoms with Gasteiger partial charge in [0.2, 0.25) is 5.91 Å². The predicted octanol–water partition coefficient (Wildman–Crippen LogP) is 2.98. The highest BCUT2D eigenvalue weighted by Crippen LogP contribution is 2.19. The fourth-order valence-corrected chi connectivity index (χ4v) is 1.49. The van der Waals surface area contributed by atoms with Crippen molar-refractivity contribution in [2.45, 2.75) is 33.2 Å². The van der Waals surface area contributed by atoms with Crippen molar-refractivity contribution < 1.29 is 4.79 Å². The number of benzene rings is 1. The molecule has 0 spiro atoms. The van der Waals surface area contributed by atoms with Gasteiger partial charge in [-0.15, -0.1) is 0 Å². The maximum atomic E-state index is 11.5. The van der Waals surface area contributed by atoms with Gasteiger partial charge in [-0.05, 0) is 38.0 Å². The molecular formula is C13H19ClN2O. The Kier molecular flexibility index (Phi) is 5.29. The number of hydrogen-bond donors (Lipinski definition) is 2. The Morgan fingerprint density at radius 3 is 2.76 bits per heavy atom. The highest BCUT2D eigenvalue weighted by molar-refractivity contribution is 6.31. The molecule has 94 valence electrons. The number of rotatable bonds is 5. The minimum absolute atomic E-state index is 0.00366. The van der Waals surface area contributed by atoms with Gasteiger partial charge >= 0.3 is 0 Å². The third-order valence-electron chi connectivity index (χ3n) is 2.64. The maximum absolute atomic E-state index is 11.5. The van der Waals surface area contributed by atoms with E-state index < -0.39 is 0 Å². The van der Waals surface area contributed by atoms with Crippen LogP contribution in [0, 0.1) is 6.92 Å². The molecule has 1 atom stereocenters. The van der Waals surface area contributed by atoms with Crippen molar-refractivity contribution in [3.63, 3.8) is 0 Å². The van der Waals surface area contributed by atoms with Gasteiger partial charge in [-0.25, -0.2) is 0 Å². The van der Waals surface area contributed by atoms with Crippen LogP contribution in [0.3, 0.4) is 0 Å². The average Bonchev–Trinajstić information content (AvgIpc) is 2.30. The molecule has 0 aliphatic carbocycles. The Morgan fingerprint density at radius 1 is 1.47 bits per heavy atom. The molecule has 0 aliphatic heterocycles. The van der Waals surface area contributed by atoms with Crippen molar-refractivity contribution in [1.29, 1.82) is 0 Å². The van der Waals surface area contributed by atoms with Crippen LogP contribution in [0.25, 0.3) is 0 Å². The molecule has 3 nitrogen and oxygen atoms in total. The van der Waals surface area contributed by atoms with Crippen molar-refractivity contribution in [3.8, 4) is 0 Å². The number of carbonyl (C=O) groups excluding carboxylic acids is 1. The van der Waals surface area contributed by atoms with Crippen molar-refractivity contribution in [3.05, 3.63) is 28.8 Å². The molecule has 17 heavy (non-hydrogen) atoms. The highest BCUT2D eigenvalue weighted by Gasteiger charge is 2.05. The van der Waals surface area contributed by atoms with Gasteiger partial charge in [0.15, 0.2) is 0 Å². The summed E-state index contributed by atoms with van der Waals surface area (Å²) in [6.07, 6.45) is 0.933. The first-order chi connectivity index (χ1) is 8.02. The van der Waals surface area contributed by atoms with Gasteiger partial charge in [-0.3, -0.25) is 4.79 Å². The molecule has 0 saturated carbocycles. The summed E-state index contributed by atoms with van der Waals surface area (Å²) >= 11 is 6.00. The lowest BCUT2D eigenvalue weighted by Gasteiger charge is -2.12. The van der Waals surface area contributed by atoms with Gasteiger partial charge in [-0.1, -0.05) is 24.6 Å². The molecule has 0 radical (unpaired) electrons. The van der Waals surface area contributed by atoms with E-state index in [2.05, 4.69) is 10.6 Å². The second-order valence-electron chi connectivity index (χ2n) is 4.19. The van der Waals surface area contributed by atoms with Crippen molar-refractivity contribution >= 4 is 23.2 Å². The van der Waals surface area contributed by atoms with E-state index in [4.69, 9.17) is 11.6 Å². The van der Waals surface area contributed by atoms with Gasteiger partial charge in [-0.2, -0.15) is 0 Å². The Labute approximate surface area is 108 Å². The van der Waals surface area contributed by atoms with Gasteiger partial charge in [0, 0.05) is 16.8 Å². The third kappa shape index (κ3) is 4.65. The minimum Gasteiger partial charge on any atom is -0.376 e. The van der Waals surface area contributed by atoms with Crippen molar-refractivity contribution in [2.75, 3.05) is 11.9 Å². The van der Waals surface area contributed by atoms with E-state index >= 15 is 0 Å². The molecule has 2 N–H and O–H groups in total. The Bertz CT molecular complexity index is 393. The van der Waals surface area contributed by atoms with Crippen LogP contribution < -0.4 is 10.6 Å². The number of carbonyl (C=O) groups is 1. The zero-order valence-corrected chi connectivity index (χ0v) is 11.3. The van der Waals surface area contributed by atoms with Gasteiger partial charge in [0.1, 0.15) is 0 Å². The van der Waals surface area contributed by atoms with E-state index in [1.165, 1.54) is 0 Å². The van der Waals surface area contributed by atoms with Crippen LogP contribution in [0.1, 0.15) is 25.8 Å². The summed E-state index contributed by atoms with van der Waals surface area (Å²) in [6.45, 7) is 6.24. The molecule has 1 amide bonds. The molecule has 0 saturated heterocycles. The summed E-state index contributed by atoms with van der Waals surface area (Å²) in [7, 11) is 0. The molecule has 0 aromatic heterocycles. The largest absolute Gasteiger partial charge is 0.376 e. The Balaban J connectivity index is 2.45. The molecule has 0 heterocycles. The SMILES string of the molecule is CCC(C)NC(=O)CNc1ccc(C)c(Cl)c1. The standard InChI is InChI=1S/C13H19ClN2O/c1-4-10(3)16-13(17)8-15-11-6-5-9(2)12(14)7-11/h5-7,10,15H,4,8H2,1-3H3,(H,16,17). The Hall–Kier alpha value is -1.22. The normalized spacial score (nSPS) is 12.0. The fourth-order valence-electron chi connectivity index (χ4n) is 1.31. The van der Waals surface area contributed by atoms with E-state index in [1.54, 1.807) is 0 Å². The average molecular weight is 255 g/mol. The van der Waals surface area contributed by atoms with Crippen LogP contribution in [0.4, 0.5) is 5.69 Å². The topological polar surface area (TPSA) is 41.1 Å². The first-order valence-electron chi connectivity index (χ1n) is 5.82. The minimum atomic E-state index is -0.00366. The highest BCUT2D eigenvalue weighted by atomic mass is 35.5. The molecule has 0 aliphatic rings. The quantitative estimate of drug-likeness (QED) is 0.848. The molecule has 1 aromatic rings. The molecule has 0 bridgehead atoms. The lowest BCUT2D eigenvalue weighted by molar-refractivity contribution is -0.120. The number of amides is 1. The summed E-state index contributed by atoms with van der Waals surface area (Å²) in [5.41, 5.74) is 1.89. The number of aryl methyl sites for hydroxylation is 1. The summed E-state index contributed by atoms with van der Waals surface area (Å²) in [5.74, 6) is -0.00366. The summed E-state index contributed by atoms with van der Waals surface area (Å²) < 4.78 is 0. The van der Waals surface area contributed by atoms with Crippen LogP contribution >= 0.6 is 11.6 Å². The maximum Gasteiger partial charge on any atom is 0.239 e. The smallest absolute Gasteiger partial charge is 0.239 e. The number of hydrogen-bond acceptors (Lipinski definition) is 2. The van der Waals surface area contributed by atoms with Crippen LogP contribution in [0.15, 0.2) is 18.2 Å². The summed E-state index contributed by atoms with van der Waals surface area (Å²) in [6, 6.07) is 5.88. The van der Waals surface area contributed by atoms with Gasteiger partial charge < -0.3 is 10.6 Å². The second-order valence-corrected chi connectivity index (χ2v) is 4.60. The van der Waals surface area contributed by atoms with Gasteiger partial charge in [0.05, 0.1) is 6.54 Å². The van der Waals surface area contributed by atoms with Gasteiger partial charge in [0.25, 0.3) is 0 Å². The summed E-state index contributed by atoms with van der Waals surface area (Å²) in [4.78, 5) is 11.5. The third-order valence-corrected chi connectivity index (χ3v) is 3.05. The van der Waals surface area contributed by atoms with Crippen LogP contribution in [0.5, 0.6) is 0 Å². The zero-order chi connectivity index (χ0) is 12.8. The first-order valence-corrected chi connectivity index (χ1v) is 6.20. The molecule has 1 unspecified atom stereocenters. The summed E-state index contributed by atoms with van der Waals surface area (Å²) in [5, 5.41) is 6.64. The van der Waals surface area contributed by atoms with Crippen LogP contribution in [-0.4, -0.2) is 18.5 Å². The second kappa shape index (κ2) is 6.50. The van der Waals surface area contributed by atoms with Crippen molar-refractivity contribution in [1.82, 2.24) is 5.32 Å². The first kappa shape index (κ1) is 13.8. The van der Waals surface area contributed by atoms with E-state index in [-0.39, 0.29) is 18.5 Å². The lowest BCUT2D eigenvalue weighted by Crippen LogP contribution is -2.36. The van der Waals surface area contributed by atoms with Crippen molar-refractivity contribution in [2.24, 2.45) is 0 Å². The number of halogens is 1. The predicted molar refractivity (Wildman–Crippen MR) is 72.6 cm³/mol. The van der Waals surface area contributed by atoms with E-state index in [0.717, 1.165) is 17.7 Å². The van der Waals surface area contributed by atoms with E-state index in [0.29, 0.717) is 5.02 Å². The zero-order valence-electron chi connectivity index (χ0n) is 10.5. The molecule has 4 heteroatoms. The number of anilines is 1. The van der Waals surface area contributed by atoms with Crippen LogP contribution in [0.2, 0.25) is 5.02 Å². The lowest BCUT2D eigenvalue weighted by atomic mass is 10.2. The fraction of sp³-hybridized carbons (Fsp3) is 0.462. The molecule has 1 rings (SSSR count). The Morgan fingerprint density at radius 2 is 2.18 bits per heavy atom. The van der Waals surface area contributed by atoms with E-state index in [9.17, 15) is 4.79 Å². The monoisotopic (exact) mass is 254 g/mol. The molecule has 0 fully saturated rings. The van der Waals surface area contributed by atoms with E-state index in [1.807, 2.05) is 39.0 Å². The molecular weight excluding hydrogens is 236 g/mol. The van der Waals surface area contributed by atoms with Crippen LogP contribution in [-0.2, 0) is 4.79 Å². The molecule has 1 aromatic carbocycles. The number of nitrogens with one attached hydrogen (secondary N) is 2.